The molecule has 0 bridgehead atoms. The van der Waals surface area contributed by atoms with Gasteiger partial charge >= 0.3 is 0 Å². The van der Waals surface area contributed by atoms with Crippen LogP contribution < -0.4 is 5.32 Å². The first-order valence-electron chi connectivity index (χ1n) is 6.17. The van der Waals surface area contributed by atoms with Crippen LogP contribution in [0.2, 0.25) is 0 Å². The second-order valence-electron chi connectivity index (χ2n) is 4.78. The first-order chi connectivity index (χ1) is 8.81. The van der Waals surface area contributed by atoms with E-state index < -0.39 is 0 Å². The molecule has 0 radical (unpaired) electrons. The molecule has 1 aliphatic rings. The molecule has 1 N–H and O–H groups in total. The largest absolute Gasteiger partial charge is 0.308 e. The first kappa shape index (κ1) is 12.3. The monoisotopic (exact) mass is 322 g/mol. The molecule has 18 heavy (non-hydrogen) atoms. The van der Waals surface area contributed by atoms with Crippen molar-refractivity contribution >= 4 is 27.3 Å². The third-order valence-corrected chi connectivity index (χ3v) is 4.64. The van der Waals surface area contributed by atoms with Crippen LogP contribution in [-0.2, 0) is 6.54 Å². The van der Waals surface area contributed by atoms with Crippen molar-refractivity contribution in [3.8, 4) is 0 Å². The van der Waals surface area contributed by atoms with E-state index >= 15 is 0 Å². The SMILES string of the molecule is Brc1cccc(C2CC(NCc3cscn3)C2)c1. The number of thiazole rings is 1. The van der Waals surface area contributed by atoms with Crippen LogP contribution in [0.25, 0.3) is 0 Å². The van der Waals surface area contributed by atoms with Crippen LogP contribution in [0.5, 0.6) is 0 Å². The van der Waals surface area contributed by atoms with E-state index in [2.05, 4.69) is 55.9 Å². The highest BCUT2D eigenvalue weighted by Crippen LogP contribution is 2.37. The standard InChI is InChI=1S/C14H15BrN2S/c15-12-3-1-2-10(4-12)11-5-13(6-11)16-7-14-8-18-9-17-14/h1-4,8-9,11,13,16H,5-7H2. The summed E-state index contributed by atoms with van der Waals surface area (Å²) in [6.45, 7) is 0.902. The zero-order valence-electron chi connectivity index (χ0n) is 9.97. The molecule has 1 aromatic carbocycles. The van der Waals surface area contributed by atoms with Gasteiger partial charge in [0, 0.05) is 22.4 Å². The Morgan fingerprint density at radius 3 is 3.00 bits per heavy atom. The second-order valence-corrected chi connectivity index (χ2v) is 6.42. The molecule has 0 unspecified atom stereocenters. The molecule has 1 fully saturated rings. The van der Waals surface area contributed by atoms with Gasteiger partial charge in [-0.15, -0.1) is 11.3 Å². The summed E-state index contributed by atoms with van der Waals surface area (Å²) in [6, 6.07) is 9.32. The predicted molar refractivity (Wildman–Crippen MR) is 78.9 cm³/mol. The topological polar surface area (TPSA) is 24.9 Å². The van der Waals surface area contributed by atoms with E-state index in [0.717, 1.165) is 18.2 Å². The average molecular weight is 323 g/mol. The minimum Gasteiger partial charge on any atom is -0.308 e. The van der Waals surface area contributed by atoms with Gasteiger partial charge < -0.3 is 5.32 Å². The number of aromatic nitrogens is 1. The Bertz CT molecular complexity index is 506. The quantitative estimate of drug-likeness (QED) is 0.922. The number of hydrogen-bond donors (Lipinski definition) is 1. The molecule has 0 atom stereocenters. The maximum atomic E-state index is 4.29. The summed E-state index contributed by atoms with van der Waals surface area (Å²) in [4.78, 5) is 4.29. The maximum Gasteiger partial charge on any atom is 0.0795 e. The number of halogens is 1. The lowest BCUT2D eigenvalue weighted by molar-refractivity contribution is 0.288. The number of rotatable bonds is 4. The van der Waals surface area contributed by atoms with Crippen molar-refractivity contribution in [3.63, 3.8) is 0 Å². The molecule has 3 rings (SSSR count). The highest BCUT2D eigenvalue weighted by atomic mass is 79.9. The molecule has 4 heteroatoms. The van der Waals surface area contributed by atoms with E-state index in [4.69, 9.17) is 0 Å². The third kappa shape index (κ3) is 2.82. The van der Waals surface area contributed by atoms with Gasteiger partial charge in [0.1, 0.15) is 0 Å². The van der Waals surface area contributed by atoms with Gasteiger partial charge in [0.25, 0.3) is 0 Å². The zero-order chi connectivity index (χ0) is 12.4. The van der Waals surface area contributed by atoms with Gasteiger partial charge in [0.15, 0.2) is 0 Å². The van der Waals surface area contributed by atoms with Crippen LogP contribution in [-0.4, -0.2) is 11.0 Å². The summed E-state index contributed by atoms with van der Waals surface area (Å²) < 4.78 is 1.18. The number of benzene rings is 1. The van der Waals surface area contributed by atoms with Crippen molar-refractivity contribution in [1.82, 2.24) is 10.3 Å². The molecule has 1 aromatic heterocycles. The Kier molecular flexibility index (Phi) is 3.77. The summed E-state index contributed by atoms with van der Waals surface area (Å²) in [6.07, 6.45) is 2.47. The molecule has 1 aliphatic carbocycles. The van der Waals surface area contributed by atoms with Crippen LogP contribution in [0, 0.1) is 0 Å². The Balaban J connectivity index is 1.48. The van der Waals surface area contributed by atoms with Gasteiger partial charge in [0.05, 0.1) is 11.2 Å². The smallest absolute Gasteiger partial charge is 0.0795 e. The second kappa shape index (κ2) is 5.51. The number of hydrogen-bond acceptors (Lipinski definition) is 3. The van der Waals surface area contributed by atoms with E-state index in [1.807, 2.05) is 5.51 Å². The highest BCUT2D eigenvalue weighted by molar-refractivity contribution is 9.10. The first-order valence-corrected chi connectivity index (χ1v) is 7.91. The van der Waals surface area contributed by atoms with Gasteiger partial charge in [0.2, 0.25) is 0 Å². The van der Waals surface area contributed by atoms with Gasteiger partial charge in [-0.2, -0.15) is 0 Å². The molecule has 2 aromatic rings. The van der Waals surface area contributed by atoms with E-state index in [0.29, 0.717) is 6.04 Å². The van der Waals surface area contributed by atoms with Crippen molar-refractivity contribution in [3.05, 3.63) is 50.9 Å². The minimum absolute atomic E-state index is 0.649. The van der Waals surface area contributed by atoms with Crippen LogP contribution in [0.1, 0.15) is 30.0 Å². The minimum atomic E-state index is 0.649. The van der Waals surface area contributed by atoms with Crippen LogP contribution in [0.15, 0.2) is 39.6 Å². The fourth-order valence-corrected chi connectivity index (χ4v) is 3.37. The molecule has 1 heterocycles. The van der Waals surface area contributed by atoms with Crippen LogP contribution in [0.4, 0.5) is 0 Å². The average Bonchev–Trinajstić information content (AvgIpc) is 2.80. The lowest BCUT2D eigenvalue weighted by Crippen LogP contribution is -2.39. The molecule has 2 nitrogen and oxygen atoms in total. The molecule has 0 amide bonds. The van der Waals surface area contributed by atoms with E-state index in [-0.39, 0.29) is 0 Å². The zero-order valence-corrected chi connectivity index (χ0v) is 12.4. The number of nitrogens with zero attached hydrogens (tertiary/aromatic N) is 1. The van der Waals surface area contributed by atoms with Crippen molar-refractivity contribution in [2.45, 2.75) is 31.3 Å². The van der Waals surface area contributed by atoms with Crippen molar-refractivity contribution in [2.75, 3.05) is 0 Å². The van der Waals surface area contributed by atoms with Crippen molar-refractivity contribution < 1.29 is 0 Å². The summed E-state index contributed by atoms with van der Waals surface area (Å²) >= 11 is 5.19. The molecule has 0 saturated heterocycles. The molecule has 1 saturated carbocycles. The maximum absolute atomic E-state index is 4.29. The van der Waals surface area contributed by atoms with Gasteiger partial charge in [-0.3, -0.25) is 0 Å². The highest BCUT2D eigenvalue weighted by Gasteiger charge is 2.29. The fraction of sp³-hybridized carbons (Fsp3) is 0.357. The summed E-state index contributed by atoms with van der Waals surface area (Å²) in [5, 5.41) is 5.68. The molecule has 0 aliphatic heterocycles. The van der Waals surface area contributed by atoms with E-state index in [1.165, 1.54) is 22.9 Å². The van der Waals surface area contributed by atoms with E-state index in [9.17, 15) is 0 Å². The Morgan fingerprint density at radius 2 is 2.28 bits per heavy atom. The fourth-order valence-electron chi connectivity index (χ4n) is 2.39. The van der Waals surface area contributed by atoms with Crippen molar-refractivity contribution in [2.24, 2.45) is 0 Å². The van der Waals surface area contributed by atoms with E-state index in [1.54, 1.807) is 11.3 Å². The molecular formula is C14H15BrN2S. The molecular weight excluding hydrogens is 308 g/mol. The van der Waals surface area contributed by atoms with Gasteiger partial charge in [-0.1, -0.05) is 28.1 Å². The number of nitrogens with one attached hydrogen (secondary N) is 1. The molecule has 0 spiro atoms. The van der Waals surface area contributed by atoms with Crippen LogP contribution in [0.3, 0.4) is 0 Å². The van der Waals surface area contributed by atoms with Crippen molar-refractivity contribution in [1.29, 1.82) is 0 Å². The lowest BCUT2D eigenvalue weighted by atomic mass is 9.76. The normalized spacial score (nSPS) is 22.7. The third-order valence-electron chi connectivity index (χ3n) is 3.51. The summed E-state index contributed by atoms with van der Waals surface area (Å²) in [7, 11) is 0. The van der Waals surface area contributed by atoms with Gasteiger partial charge in [-0.05, 0) is 36.5 Å². The summed E-state index contributed by atoms with van der Waals surface area (Å²) in [5.41, 5.74) is 4.50. The Hall–Kier alpha value is -0.710. The Labute approximate surface area is 120 Å². The molecule has 94 valence electrons. The van der Waals surface area contributed by atoms with Gasteiger partial charge in [-0.25, -0.2) is 4.98 Å². The predicted octanol–water partition coefficient (Wildman–Crippen LogP) is 3.94. The lowest BCUT2D eigenvalue weighted by Gasteiger charge is -2.36. The van der Waals surface area contributed by atoms with Crippen LogP contribution >= 0.6 is 27.3 Å². The Morgan fingerprint density at radius 1 is 1.39 bits per heavy atom. The summed E-state index contributed by atoms with van der Waals surface area (Å²) in [5.74, 6) is 0.718.